The van der Waals surface area contributed by atoms with Crippen LogP contribution in [0.25, 0.3) is 6.08 Å². The third-order valence-corrected chi connectivity index (χ3v) is 2.02. The van der Waals surface area contributed by atoms with E-state index in [0.717, 1.165) is 5.56 Å². The van der Waals surface area contributed by atoms with E-state index in [0.29, 0.717) is 6.54 Å². The first kappa shape index (κ1) is 12.4. The van der Waals surface area contributed by atoms with E-state index in [2.05, 4.69) is 0 Å². The zero-order valence-electron chi connectivity index (χ0n) is 9.19. The summed E-state index contributed by atoms with van der Waals surface area (Å²) >= 11 is 0. The molecule has 1 aromatic carbocycles. The van der Waals surface area contributed by atoms with Crippen LogP contribution in [-0.2, 0) is 4.79 Å². The minimum absolute atomic E-state index is 0.230. The number of hydrogen-bond acceptors (Lipinski definition) is 2. The van der Waals surface area contributed by atoms with Crippen LogP contribution in [0.5, 0.6) is 0 Å². The maximum absolute atomic E-state index is 12.6. The van der Waals surface area contributed by atoms with Crippen LogP contribution in [0, 0.1) is 5.82 Å². The average Bonchev–Trinajstić information content (AvgIpc) is 2.20. The van der Waals surface area contributed by atoms with E-state index in [1.54, 1.807) is 24.1 Å². The van der Waals surface area contributed by atoms with Crippen molar-refractivity contribution in [1.82, 2.24) is 4.90 Å². The van der Waals surface area contributed by atoms with Gasteiger partial charge in [-0.2, -0.15) is 0 Å². The molecule has 16 heavy (non-hydrogen) atoms. The lowest BCUT2D eigenvalue weighted by atomic mass is 10.2. The van der Waals surface area contributed by atoms with E-state index >= 15 is 0 Å². The van der Waals surface area contributed by atoms with Gasteiger partial charge in [0, 0.05) is 6.54 Å². The van der Waals surface area contributed by atoms with Gasteiger partial charge in [-0.3, -0.25) is 9.69 Å². The summed E-state index contributed by atoms with van der Waals surface area (Å²) in [6.07, 6.45) is 3.77. The van der Waals surface area contributed by atoms with Gasteiger partial charge in [-0.1, -0.05) is 24.3 Å². The molecule has 0 heterocycles. The van der Waals surface area contributed by atoms with Crippen molar-refractivity contribution in [2.45, 2.75) is 0 Å². The van der Waals surface area contributed by atoms with Crippen molar-refractivity contribution in [3.05, 3.63) is 41.7 Å². The number of benzene rings is 1. The summed E-state index contributed by atoms with van der Waals surface area (Å²) in [6, 6.07) is 6.21. The van der Waals surface area contributed by atoms with Crippen molar-refractivity contribution in [2.24, 2.45) is 5.73 Å². The van der Waals surface area contributed by atoms with Crippen molar-refractivity contribution in [2.75, 3.05) is 20.1 Å². The van der Waals surface area contributed by atoms with E-state index in [1.807, 2.05) is 12.2 Å². The van der Waals surface area contributed by atoms with Crippen LogP contribution in [0.15, 0.2) is 30.3 Å². The predicted molar refractivity (Wildman–Crippen MR) is 62.1 cm³/mol. The Hall–Kier alpha value is -1.68. The second kappa shape index (κ2) is 6.02. The van der Waals surface area contributed by atoms with E-state index in [-0.39, 0.29) is 18.3 Å². The molecule has 0 fully saturated rings. The molecule has 0 bridgehead atoms. The van der Waals surface area contributed by atoms with Crippen molar-refractivity contribution in [3.63, 3.8) is 0 Å². The fourth-order valence-corrected chi connectivity index (χ4v) is 1.27. The normalized spacial score (nSPS) is 11.2. The molecule has 3 nitrogen and oxygen atoms in total. The number of hydrogen-bond donors (Lipinski definition) is 1. The number of amides is 1. The Balaban J connectivity index is 2.42. The number of primary amides is 1. The number of halogens is 1. The zero-order chi connectivity index (χ0) is 12.0. The van der Waals surface area contributed by atoms with Crippen molar-refractivity contribution >= 4 is 12.0 Å². The SMILES string of the molecule is CN(C/C=C/c1ccc(F)cc1)CC(N)=O. The Labute approximate surface area is 94.4 Å². The van der Waals surface area contributed by atoms with Gasteiger partial charge in [-0.25, -0.2) is 4.39 Å². The summed E-state index contributed by atoms with van der Waals surface area (Å²) in [5.74, 6) is -0.597. The Morgan fingerprint density at radius 1 is 1.44 bits per heavy atom. The lowest BCUT2D eigenvalue weighted by Gasteiger charge is -2.10. The first-order valence-corrected chi connectivity index (χ1v) is 4.97. The Morgan fingerprint density at radius 3 is 2.62 bits per heavy atom. The first-order valence-electron chi connectivity index (χ1n) is 4.97. The van der Waals surface area contributed by atoms with Gasteiger partial charge >= 0.3 is 0 Å². The number of carbonyl (C=O) groups is 1. The minimum Gasteiger partial charge on any atom is -0.369 e. The Kier molecular flexibility index (Phi) is 4.66. The fourth-order valence-electron chi connectivity index (χ4n) is 1.27. The maximum Gasteiger partial charge on any atom is 0.231 e. The standard InChI is InChI=1S/C12H15FN2O/c1-15(9-12(14)16)8-2-3-10-4-6-11(13)7-5-10/h2-7H,8-9H2,1H3,(H2,14,16)/b3-2+. The smallest absolute Gasteiger partial charge is 0.231 e. The van der Waals surface area contributed by atoms with E-state index in [4.69, 9.17) is 5.73 Å². The highest BCUT2D eigenvalue weighted by Crippen LogP contribution is 2.04. The molecule has 0 atom stereocenters. The molecule has 0 aliphatic carbocycles. The maximum atomic E-state index is 12.6. The van der Waals surface area contributed by atoms with Crippen LogP contribution < -0.4 is 5.73 Å². The molecule has 0 radical (unpaired) electrons. The molecule has 1 rings (SSSR count). The number of nitrogens with two attached hydrogens (primary N) is 1. The molecule has 2 N–H and O–H groups in total. The second-order valence-corrected chi connectivity index (χ2v) is 3.62. The van der Waals surface area contributed by atoms with Gasteiger partial charge in [0.05, 0.1) is 6.54 Å². The lowest BCUT2D eigenvalue weighted by molar-refractivity contribution is -0.118. The number of likely N-dealkylation sites (N-methyl/N-ethyl adjacent to an activating group) is 1. The van der Waals surface area contributed by atoms with Crippen LogP contribution in [0.4, 0.5) is 4.39 Å². The van der Waals surface area contributed by atoms with Crippen LogP contribution in [0.2, 0.25) is 0 Å². The quantitative estimate of drug-likeness (QED) is 0.815. The van der Waals surface area contributed by atoms with Gasteiger partial charge in [-0.05, 0) is 24.7 Å². The zero-order valence-corrected chi connectivity index (χ0v) is 9.19. The topological polar surface area (TPSA) is 46.3 Å². The Morgan fingerprint density at radius 2 is 2.06 bits per heavy atom. The largest absolute Gasteiger partial charge is 0.369 e. The summed E-state index contributed by atoms with van der Waals surface area (Å²) < 4.78 is 12.6. The summed E-state index contributed by atoms with van der Waals surface area (Å²) in [7, 11) is 1.81. The summed E-state index contributed by atoms with van der Waals surface area (Å²) in [6.45, 7) is 0.855. The minimum atomic E-state index is -0.349. The predicted octanol–water partition coefficient (Wildman–Crippen LogP) is 1.26. The average molecular weight is 222 g/mol. The third-order valence-electron chi connectivity index (χ3n) is 2.02. The van der Waals surface area contributed by atoms with Crippen LogP contribution in [0.1, 0.15) is 5.56 Å². The molecule has 0 saturated heterocycles. The van der Waals surface area contributed by atoms with Gasteiger partial charge in [0.2, 0.25) is 5.91 Å². The van der Waals surface area contributed by atoms with Crippen molar-refractivity contribution in [1.29, 1.82) is 0 Å². The highest BCUT2D eigenvalue weighted by molar-refractivity contribution is 5.75. The fraction of sp³-hybridized carbons (Fsp3) is 0.250. The van der Waals surface area contributed by atoms with Gasteiger partial charge in [0.1, 0.15) is 5.82 Å². The summed E-state index contributed by atoms with van der Waals surface area (Å²) in [5.41, 5.74) is 5.97. The van der Waals surface area contributed by atoms with E-state index < -0.39 is 0 Å². The molecular formula is C12H15FN2O. The second-order valence-electron chi connectivity index (χ2n) is 3.62. The van der Waals surface area contributed by atoms with Crippen LogP contribution in [0.3, 0.4) is 0 Å². The summed E-state index contributed by atoms with van der Waals surface area (Å²) in [5, 5.41) is 0. The van der Waals surface area contributed by atoms with Crippen molar-refractivity contribution < 1.29 is 9.18 Å². The van der Waals surface area contributed by atoms with Gasteiger partial charge in [0.25, 0.3) is 0 Å². The van der Waals surface area contributed by atoms with Crippen LogP contribution >= 0.6 is 0 Å². The van der Waals surface area contributed by atoms with E-state index in [9.17, 15) is 9.18 Å². The molecule has 0 unspecified atom stereocenters. The molecular weight excluding hydrogens is 207 g/mol. The molecule has 0 aliphatic heterocycles. The molecule has 1 aromatic rings. The van der Waals surface area contributed by atoms with Gasteiger partial charge in [0.15, 0.2) is 0 Å². The highest BCUT2D eigenvalue weighted by Gasteiger charge is 1.98. The molecule has 4 heteroatoms. The number of nitrogens with zero attached hydrogens (tertiary/aromatic N) is 1. The third kappa shape index (κ3) is 4.70. The van der Waals surface area contributed by atoms with E-state index in [1.165, 1.54) is 12.1 Å². The Bertz CT molecular complexity index is 373. The lowest BCUT2D eigenvalue weighted by Crippen LogP contribution is -2.30. The number of rotatable bonds is 5. The molecule has 0 aliphatic rings. The van der Waals surface area contributed by atoms with Crippen molar-refractivity contribution in [3.8, 4) is 0 Å². The first-order chi connectivity index (χ1) is 7.58. The van der Waals surface area contributed by atoms with Gasteiger partial charge in [-0.15, -0.1) is 0 Å². The highest BCUT2D eigenvalue weighted by atomic mass is 19.1. The molecule has 0 spiro atoms. The molecule has 1 amide bonds. The van der Waals surface area contributed by atoms with Gasteiger partial charge < -0.3 is 5.73 Å². The molecule has 86 valence electrons. The number of carbonyl (C=O) groups excluding carboxylic acids is 1. The monoisotopic (exact) mass is 222 g/mol. The molecule has 0 aromatic heterocycles. The molecule has 0 saturated carbocycles. The summed E-state index contributed by atoms with van der Waals surface area (Å²) in [4.78, 5) is 12.4. The van der Waals surface area contributed by atoms with Crippen LogP contribution in [-0.4, -0.2) is 30.9 Å².